The molecule has 0 aliphatic carbocycles. The highest BCUT2D eigenvalue weighted by molar-refractivity contribution is 6.33. The summed E-state index contributed by atoms with van der Waals surface area (Å²) in [6.07, 6.45) is -3.87. The second-order valence-corrected chi connectivity index (χ2v) is 5.94. The number of amides is 2. The lowest BCUT2D eigenvalue weighted by atomic mass is 10.3. The first-order valence-corrected chi connectivity index (χ1v) is 8.29. The Hall–Kier alpha value is -3.33. The van der Waals surface area contributed by atoms with Crippen molar-refractivity contribution in [2.75, 3.05) is 16.0 Å². The van der Waals surface area contributed by atoms with Crippen molar-refractivity contribution in [3.05, 3.63) is 71.4 Å². The number of benzene rings is 1. The Bertz CT molecular complexity index is 982. The van der Waals surface area contributed by atoms with Crippen LogP contribution < -0.4 is 16.0 Å². The summed E-state index contributed by atoms with van der Waals surface area (Å²) in [5.41, 5.74) is -0.348. The molecule has 0 saturated carbocycles. The Morgan fingerprint density at radius 2 is 1.68 bits per heavy atom. The monoisotopic (exact) mass is 407 g/mol. The van der Waals surface area contributed by atoms with Gasteiger partial charge in [-0.15, -0.1) is 0 Å². The number of carbonyl (C=O) groups is 1. The van der Waals surface area contributed by atoms with Gasteiger partial charge < -0.3 is 10.6 Å². The number of halogens is 4. The first kappa shape index (κ1) is 19.4. The van der Waals surface area contributed by atoms with Crippen LogP contribution in [0.1, 0.15) is 5.56 Å². The van der Waals surface area contributed by atoms with E-state index in [4.69, 9.17) is 11.6 Å². The summed E-state index contributed by atoms with van der Waals surface area (Å²) in [7, 11) is 0. The third kappa shape index (κ3) is 5.10. The molecule has 3 aromatic rings. The number of carbonyl (C=O) groups excluding carboxylic acids is 1. The Morgan fingerprint density at radius 1 is 0.964 bits per heavy atom. The highest BCUT2D eigenvalue weighted by Crippen LogP contribution is 2.33. The number of nitrogens with zero attached hydrogens (tertiary/aromatic N) is 2. The third-order valence-corrected chi connectivity index (χ3v) is 3.73. The predicted octanol–water partition coefficient (Wildman–Crippen LogP) is 5.54. The molecule has 2 aromatic heterocycles. The molecule has 0 fully saturated rings. The molecule has 0 aliphatic rings. The number of alkyl halides is 3. The number of hydrogen-bond acceptors (Lipinski definition) is 4. The molecule has 3 rings (SSSR count). The fraction of sp³-hybridized carbons (Fsp3) is 0.0556. The molecule has 0 aliphatic heterocycles. The molecule has 10 heteroatoms. The summed E-state index contributed by atoms with van der Waals surface area (Å²) in [6.45, 7) is 0. The first-order valence-electron chi connectivity index (χ1n) is 7.91. The van der Waals surface area contributed by atoms with Gasteiger partial charge in [-0.3, -0.25) is 5.32 Å². The second kappa shape index (κ2) is 8.13. The zero-order valence-electron chi connectivity index (χ0n) is 14.1. The number of rotatable bonds is 4. The van der Waals surface area contributed by atoms with E-state index in [0.717, 1.165) is 6.07 Å². The predicted molar refractivity (Wildman–Crippen MR) is 101 cm³/mol. The molecule has 28 heavy (non-hydrogen) atoms. The van der Waals surface area contributed by atoms with Gasteiger partial charge in [0.1, 0.15) is 17.5 Å². The van der Waals surface area contributed by atoms with Gasteiger partial charge in [0, 0.05) is 11.9 Å². The lowest BCUT2D eigenvalue weighted by Gasteiger charge is -2.11. The molecule has 0 bridgehead atoms. The molecule has 2 heterocycles. The largest absolute Gasteiger partial charge is 0.417 e. The van der Waals surface area contributed by atoms with Crippen molar-refractivity contribution in [2.24, 2.45) is 0 Å². The number of pyridine rings is 2. The summed E-state index contributed by atoms with van der Waals surface area (Å²) in [5.74, 6) is 0.473. The summed E-state index contributed by atoms with van der Waals surface area (Å²) in [6, 6.07) is 13.8. The van der Waals surface area contributed by atoms with Crippen LogP contribution in [-0.4, -0.2) is 16.0 Å². The van der Waals surface area contributed by atoms with E-state index in [0.29, 0.717) is 11.9 Å². The maximum absolute atomic E-state index is 12.7. The van der Waals surface area contributed by atoms with Crippen LogP contribution in [0.15, 0.2) is 60.8 Å². The van der Waals surface area contributed by atoms with E-state index in [1.807, 2.05) is 6.07 Å². The minimum atomic E-state index is -4.54. The van der Waals surface area contributed by atoms with Crippen LogP contribution in [0.2, 0.25) is 5.02 Å². The topological polar surface area (TPSA) is 78.9 Å². The molecular formula is C18H13ClF3N5O. The molecule has 0 unspecified atom stereocenters. The van der Waals surface area contributed by atoms with Gasteiger partial charge in [-0.25, -0.2) is 14.8 Å². The van der Waals surface area contributed by atoms with Gasteiger partial charge in [0.2, 0.25) is 0 Å². The van der Waals surface area contributed by atoms with Crippen LogP contribution in [-0.2, 0) is 6.18 Å². The summed E-state index contributed by atoms with van der Waals surface area (Å²) < 4.78 is 38.0. The van der Waals surface area contributed by atoms with Crippen LogP contribution in [0.25, 0.3) is 0 Å². The maximum atomic E-state index is 12.7. The molecule has 2 amide bonds. The van der Waals surface area contributed by atoms with Crippen LogP contribution in [0, 0.1) is 0 Å². The Morgan fingerprint density at radius 3 is 2.36 bits per heavy atom. The molecule has 1 aromatic carbocycles. The Kier molecular flexibility index (Phi) is 5.65. The Balaban J connectivity index is 1.69. The first-order chi connectivity index (χ1) is 13.3. The smallest absolute Gasteiger partial charge is 0.324 e. The fourth-order valence-corrected chi connectivity index (χ4v) is 2.39. The molecule has 0 saturated heterocycles. The maximum Gasteiger partial charge on any atom is 0.417 e. The van der Waals surface area contributed by atoms with E-state index in [1.54, 1.807) is 42.5 Å². The average Bonchev–Trinajstić information content (AvgIpc) is 2.63. The fourth-order valence-electron chi connectivity index (χ4n) is 2.18. The lowest BCUT2D eigenvalue weighted by Crippen LogP contribution is -2.20. The number of nitrogens with one attached hydrogen (secondary N) is 3. The van der Waals surface area contributed by atoms with E-state index in [-0.39, 0.29) is 22.5 Å². The van der Waals surface area contributed by atoms with Gasteiger partial charge in [0.05, 0.1) is 10.6 Å². The Labute approximate surface area is 162 Å². The number of urea groups is 1. The van der Waals surface area contributed by atoms with Crippen molar-refractivity contribution in [1.82, 2.24) is 9.97 Å². The zero-order valence-corrected chi connectivity index (χ0v) is 14.8. The number of para-hydroxylation sites is 1. The van der Waals surface area contributed by atoms with Gasteiger partial charge in [-0.2, -0.15) is 13.2 Å². The lowest BCUT2D eigenvalue weighted by molar-refractivity contribution is -0.137. The molecule has 0 spiro atoms. The normalized spacial score (nSPS) is 11.0. The molecule has 3 N–H and O–H groups in total. The molecular weight excluding hydrogens is 395 g/mol. The van der Waals surface area contributed by atoms with E-state index in [9.17, 15) is 18.0 Å². The van der Waals surface area contributed by atoms with Gasteiger partial charge in [-0.1, -0.05) is 35.9 Å². The number of anilines is 4. The number of hydrogen-bond donors (Lipinski definition) is 3. The van der Waals surface area contributed by atoms with Crippen molar-refractivity contribution in [2.45, 2.75) is 6.18 Å². The van der Waals surface area contributed by atoms with Crippen LogP contribution in [0.3, 0.4) is 0 Å². The average molecular weight is 408 g/mol. The minimum Gasteiger partial charge on any atom is -0.324 e. The van der Waals surface area contributed by atoms with Crippen molar-refractivity contribution in [3.8, 4) is 0 Å². The van der Waals surface area contributed by atoms with Crippen molar-refractivity contribution >= 4 is 40.8 Å². The van der Waals surface area contributed by atoms with E-state index >= 15 is 0 Å². The van der Waals surface area contributed by atoms with Gasteiger partial charge >= 0.3 is 12.2 Å². The van der Waals surface area contributed by atoms with E-state index < -0.39 is 17.8 Å². The van der Waals surface area contributed by atoms with Gasteiger partial charge in [-0.05, 0) is 30.3 Å². The second-order valence-electron chi connectivity index (χ2n) is 5.53. The molecule has 0 atom stereocenters. The van der Waals surface area contributed by atoms with Crippen molar-refractivity contribution in [1.29, 1.82) is 0 Å². The van der Waals surface area contributed by atoms with E-state index in [2.05, 4.69) is 25.9 Å². The number of aromatic nitrogens is 2. The summed E-state index contributed by atoms with van der Waals surface area (Å²) >= 11 is 5.87. The van der Waals surface area contributed by atoms with Crippen LogP contribution in [0.4, 0.5) is 41.1 Å². The summed E-state index contributed by atoms with van der Waals surface area (Å²) in [5, 5.41) is 7.71. The summed E-state index contributed by atoms with van der Waals surface area (Å²) in [4.78, 5) is 19.9. The quantitative estimate of drug-likeness (QED) is 0.530. The highest BCUT2D eigenvalue weighted by Gasteiger charge is 2.31. The third-order valence-electron chi connectivity index (χ3n) is 3.44. The zero-order chi connectivity index (χ0) is 20.1. The van der Waals surface area contributed by atoms with Crippen LogP contribution >= 0.6 is 11.6 Å². The minimum absolute atomic E-state index is 0.00746. The van der Waals surface area contributed by atoms with Crippen molar-refractivity contribution < 1.29 is 18.0 Å². The SMILES string of the molecule is O=C(Nc1ccccc1)Nc1cccc(Nc2ncc(C(F)(F)F)cc2Cl)n1. The van der Waals surface area contributed by atoms with Crippen molar-refractivity contribution in [3.63, 3.8) is 0 Å². The highest BCUT2D eigenvalue weighted by atomic mass is 35.5. The molecule has 0 radical (unpaired) electrons. The molecule has 6 nitrogen and oxygen atoms in total. The molecule has 144 valence electrons. The van der Waals surface area contributed by atoms with Gasteiger partial charge in [0.25, 0.3) is 0 Å². The standard InChI is InChI=1S/C18H13ClF3N5O/c19-13-9-11(18(20,21)22)10-23-16(13)26-14-7-4-8-15(25-14)27-17(28)24-12-5-2-1-3-6-12/h1-10H,(H3,23,24,25,26,27,28). The van der Waals surface area contributed by atoms with Gasteiger partial charge in [0.15, 0.2) is 0 Å². The van der Waals surface area contributed by atoms with Crippen LogP contribution in [0.5, 0.6) is 0 Å². The van der Waals surface area contributed by atoms with E-state index in [1.165, 1.54) is 0 Å².